The van der Waals surface area contributed by atoms with Gasteiger partial charge >= 0.3 is 0 Å². The number of ether oxygens (including phenoxy) is 1. The second kappa shape index (κ2) is 7.80. The number of rotatable bonds is 5. The number of piperazine rings is 1. The van der Waals surface area contributed by atoms with Crippen molar-refractivity contribution in [2.75, 3.05) is 46.4 Å². The third-order valence-electron chi connectivity index (χ3n) is 5.12. The fourth-order valence-corrected chi connectivity index (χ4v) is 4.33. The first kappa shape index (κ1) is 18.2. The van der Waals surface area contributed by atoms with Gasteiger partial charge < -0.3 is 9.64 Å². The molecule has 0 aliphatic carbocycles. The Morgan fingerprint density at radius 3 is 2.74 bits per heavy atom. The molecule has 1 amide bonds. The number of methoxy groups -OCH3 is 1. The number of fused-ring (bicyclic) bond motifs is 1. The highest BCUT2D eigenvalue weighted by Crippen LogP contribution is 2.26. The van der Waals surface area contributed by atoms with Gasteiger partial charge in [-0.25, -0.2) is 4.98 Å². The van der Waals surface area contributed by atoms with Crippen molar-refractivity contribution in [3.63, 3.8) is 0 Å². The minimum atomic E-state index is 0.0846. The molecule has 142 valence electrons. The van der Waals surface area contributed by atoms with Crippen LogP contribution >= 0.6 is 11.3 Å². The molecule has 3 heterocycles. The number of hydrogen-bond donors (Lipinski definition) is 0. The molecule has 1 saturated heterocycles. The summed E-state index contributed by atoms with van der Waals surface area (Å²) in [6, 6.07) is 8.20. The van der Waals surface area contributed by atoms with E-state index in [0.29, 0.717) is 5.69 Å². The van der Waals surface area contributed by atoms with Crippen molar-refractivity contribution in [3.8, 4) is 11.3 Å². The van der Waals surface area contributed by atoms with Crippen LogP contribution in [0, 0.1) is 6.92 Å². The van der Waals surface area contributed by atoms with Crippen molar-refractivity contribution < 1.29 is 9.53 Å². The number of imidazole rings is 1. The molecule has 0 bridgehead atoms. The monoisotopic (exact) mass is 384 g/mol. The number of benzene rings is 1. The predicted molar refractivity (Wildman–Crippen MR) is 107 cm³/mol. The Morgan fingerprint density at radius 1 is 1.22 bits per heavy atom. The van der Waals surface area contributed by atoms with Crippen LogP contribution in [0.2, 0.25) is 0 Å². The Kier molecular flexibility index (Phi) is 5.24. The Labute approximate surface area is 163 Å². The summed E-state index contributed by atoms with van der Waals surface area (Å²) in [4.78, 5) is 22.9. The van der Waals surface area contributed by atoms with E-state index in [9.17, 15) is 4.79 Å². The first-order valence-electron chi connectivity index (χ1n) is 9.20. The SMILES string of the molecule is COCCN1CCN(C(=O)c2csc3nc(-c4ccccc4C)cn23)CC1. The Bertz CT molecular complexity index is 941. The summed E-state index contributed by atoms with van der Waals surface area (Å²) in [5.74, 6) is 0.0846. The number of nitrogens with zero attached hydrogens (tertiary/aromatic N) is 4. The van der Waals surface area contributed by atoms with Crippen molar-refractivity contribution in [2.45, 2.75) is 6.92 Å². The van der Waals surface area contributed by atoms with Crippen molar-refractivity contribution in [1.29, 1.82) is 0 Å². The maximum Gasteiger partial charge on any atom is 0.271 e. The fraction of sp³-hybridized carbons (Fsp3) is 0.400. The van der Waals surface area contributed by atoms with Crippen molar-refractivity contribution in [2.24, 2.45) is 0 Å². The van der Waals surface area contributed by atoms with Gasteiger partial charge in [-0.05, 0) is 12.5 Å². The van der Waals surface area contributed by atoms with Crippen molar-refractivity contribution >= 4 is 22.2 Å². The van der Waals surface area contributed by atoms with Gasteiger partial charge in [0, 0.05) is 57.0 Å². The Hall–Kier alpha value is -2.22. The van der Waals surface area contributed by atoms with E-state index in [1.807, 2.05) is 33.0 Å². The number of aryl methyl sites for hydroxylation is 1. The summed E-state index contributed by atoms with van der Waals surface area (Å²) in [6.45, 7) is 7.01. The lowest BCUT2D eigenvalue weighted by molar-refractivity contribution is 0.0588. The summed E-state index contributed by atoms with van der Waals surface area (Å²) >= 11 is 1.52. The molecular weight excluding hydrogens is 360 g/mol. The lowest BCUT2D eigenvalue weighted by Gasteiger charge is -2.34. The number of carbonyl (C=O) groups is 1. The molecule has 0 spiro atoms. The summed E-state index contributed by atoms with van der Waals surface area (Å²) in [7, 11) is 1.72. The van der Waals surface area contributed by atoms with E-state index in [2.05, 4.69) is 24.0 Å². The minimum Gasteiger partial charge on any atom is -0.383 e. The van der Waals surface area contributed by atoms with Gasteiger partial charge in [-0.2, -0.15) is 0 Å². The molecule has 0 N–H and O–H groups in total. The third-order valence-corrected chi connectivity index (χ3v) is 5.96. The highest BCUT2D eigenvalue weighted by molar-refractivity contribution is 7.15. The van der Waals surface area contributed by atoms with Crippen LogP contribution < -0.4 is 0 Å². The van der Waals surface area contributed by atoms with E-state index in [4.69, 9.17) is 9.72 Å². The fourth-order valence-electron chi connectivity index (χ4n) is 3.48. The normalized spacial score (nSPS) is 15.6. The molecule has 3 aromatic rings. The van der Waals surface area contributed by atoms with Gasteiger partial charge in [0.05, 0.1) is 12.3 Å². The molecule has 0 radical (unpaired) electrons. The molecule has 0 unspecified atom stereocenters. The highest BCUT2D eigenvalue weighted by atomic mass is 32.1. The third kappa shape index (κ3) is 3.63. The van der Waals surface area contributed by atoms with E-state index in [-0.39, 0.29) is 5.91 Å². The average molecular weight is 385 g/mol. The molecule has 0 saturated carbocycles. The average Bonchev–Trinajstić information content (AvgIpc) is 3.27. The lowest BCUT2D eigenvalue weighted by Crippen LogP contribution is -2.49. The van der Waals surface area contributed by atoms with Crippen LogP contribution in [0.25, 0.3) is 16.2 Å². The van der Waals surface area contributed by atoms with E-state index in [1.165, 1.54) is 16.9 Å². The van der Waals surface area contributed by atoms with Crippen LogP contribution in [0.15, 0.2) is 35.8 Å². The quantitative estimate of drug-likeness (QED) is 0.679. The van der Waals surface area contributed by atoms with Gasteiger partial charge in [0.1, 0.15) is 5.69 Å². The molecule has 27 heavy (non-hydrogen) atoms. The number of hydrogen-bond acceptors (Lipinski definition) is 5. The Morgan fingerprint density at radius 2 is 2.00 bits per heavy atom. The zero-order valence-electron chi connectivity index (χ0n) is 15.7. The van der Waals surface area contributed by atoms with Crippen molar-refractivity contribution in [1.82, 2.24) is 19.2 Å². The largest absolute Gasteiger partial charge is 0.383 e. The van der Waals surface area contributed by atoms with E-state index in [1.54, 1.807) is 7.11 Å². The van der Waals surface area contributed by atoms with Gasteiger partial charge in [0.2, 0.25) is 0 Å². The van der Waals surface area contributed by atoms with E-state index in [0.717, 1.165) is 55.5 Å². The predicted octanol–water partition coefficient (Wildman–Crippen LogP) is 2.78. The van der Waals surface area contributed by atoms with Crippen LogP contribution in [0.4, 0.5) is 0 Å². The van der Waals surface area contributed by atoms with Gasteiger partial charge in [-0.1, -0.05) is 24.3 Å². The summed E-state index contributed by atoms with van der Waals surface area (Å²) in [5.41, 5.74) is 3.91. The smallest absolute Gasteiger partial charge is 0.271 e. The number of thiazole rings is 1. The molecule has 6 nitrogen and oxygen atoms in total. The molecule has 7 heteroatoms. The number of carbonyl (C=O) groups excluding carboxylic acids is 1. The van der Waals surface area contributed by atoms with Crippen LogP contribution in [-0.2, 0) is 4.74 Å². The minimum absolute atomic E-state index is 0.0846. The second-order valence-corrected chi connectivity index (χ2v) is 7.68. The van der Waals surface area contributed by atoms with Crippen LogP contribution in [0.1, 0.15) is 16.1 Å². The molecule has 1 fully saturated rings. The van der Waals surface area contributed by atoms with Crippen LogP contribution in [-0.4, -0.2) is 71.5 Å². The summed E-state index contributed by atoms with van der Waals surface area (Å²) in [5, 5.41) is 1.92. The lowest BCUT2D eigenvalue weighted by atomic mass is 10.1. The van der Waals surface area contributed by atoms with E-state index >= 15 is 0 Å². The molecule has 4 rings (SSSR count). The van der Waals surface area contributed by atoms with Gasteiger partial charge in [-0.3, -0.25) is 14.1 Å². The van der Waals surface area contributed by atoms with Crippen molar-refractivity contribution in [3.05, 3.63) is 47.1 Å². The Balaban J connectivity index is 1.52. The van der Waals surface area contributed by atoms with Crippen LogP contribution in [0.3, 0.4) is 0 Å². The number of amides is 1. The maximum absolute atomic E-state index is 13.0. The van der Waals surface area contributed by atoms with Crippen LogP contribution in [0.5, 0.6) is 0 Å². The van der Waals surface area contributed by atoms with Gasteiger partial charge in [-0.15, -0.1) is 11.3 Å². The standard InChI is InChI=1S/C20H24N4O2S/c1-15-5-3-4-6-16(15)17-13-24-18(14-27-20(24)21-17)19(25)23-9-7-22(8-10-23)11-12-26-2/h3-6,13-14H,7-12H2,1-2H3. The topological polar surface area (TPSA) is 50.1 Å². The summed E-state index contributed by atoms with van der Waals surface area (Å²) < 4.78 is 7.08. The first-order chi connectivity index (χ1) is 13.2. The molecular formula is C20H24N4O2S. The molecule has 0 atom stereocenters. The number of aromatic nitrogens is 2. The summed E-state index contributed by atoms with van der Waals surface area (Å²) in [6.07, 6.45) is 1.98. The zero-order chi connectivity index (χ0) is 18.8. The van der Waals surface area contributed by atoms with Gasteiger partial charge in [0.15, 0.2) is 4.96 Å². The first-order valence-corrected chi connectivity index (χ1v) is 10.1. The molecule has 2 aromatic heterocycles. The molecule has 1 aliphatic rings. The zero-order valence-corrected chi connectivity index (χ0v) is 16.5. The van der Waals surface area contributed by atoms with E-state index < -0.39 is 0 Å². The maximum atomic E-state index is 13.0. The molecule has 1 aromatic carbocycles. The highest BCUT2D eigenvalue weighted by Gasteiger charge is 2.25. The second-order valence-electron chi connectivity index (χ2n) is 6.84. The molecule has 1 aliphatic heterocycles. The van der Waals surface area contributed by atoms with Gasteiger partial charge in [0.25, 0.3) is 5.91 Å².